The summed E-state index contributed by atoms with van der Waals surface area (Å²) in [7, 11) is -2.18. The highest BCUT2D eigenvalue weighted by Crippen LogP contribution is 2.20. The van der Waals surface area contributed by atoms with Gasteiger partial charge in [-0.15, -0.1) is 0 Å². The second-order valence-corrected chi connectivity index (χ2v) is 9.88. The highest BCUT2D eigenvalue weighted by atomic mass is 32.2. The molecule has 2 rings (SSSR count). The molecule has 0 aliphatic heterocycles. The van der Waals surface area contributed by atoms with Crippen LogP contribution >= 0.6 is 0 Å². The number of rotatable bonds is 11. The average Bonchev–Trinajstić information content (AvgIpc) is 2.80. The fourth-order valence-corrected chi connectivity index (χ4v) is 4.07. The first-order valence-electron chi connectivity index (χ1n) is 10.8. The van der Waals surface area contributed by atoms with Gasteiger partial charge in [0.1, 0.15) is 18.3 Å². The summed E-state index contributed by atoms with van der Waals surface area (Å²) in [5.74, 6) is -0.163. The van der Waals surface area contributed by atoms with E-state index in [1.807, 2.05) is 19.9 Å². The number of para-hydroxylation sites is 1. The van der Waals surface area contributed by atoms with Crippen molar-refractivity contribution in [1.29, 1.82) is 0 Å². The second-order valence-electron chi connectivity index (χ2n) is 7.97. The molecule has 0 saturated carbocycles. The minimum Gasteiger partial charge on any atom is -0.497 e. The molecule has 0 fully saturated rings. The van der Waals surface area contributed by atoms with E-state index in [1.54, 1.807) is 62.6 Å². The third kappa shape index (κ3) is 7.49. The van der Waals surface area contributed by atoms with E-state index < -0.39 is 28.5 Å². The number of sulfonamides is 1. The molecule has 0 spiro atoms. The van der Waals surface area contributed by atoms with Gasteiger partial charge in [0.15, 0.2) is 0 Å². The van der Waals surface area contributed by atoms with Crippen molar-refractivity contribution in [2.45, 2.75) is 45.8 Å². The smallest absolute Gasteiger partial charge is 0.244 e. The van der Waals surface area contributed by atoms with Crippen LogP contribution in [0.3, 0.4) is 0 Å². The highest BCUT2D eigenvalue weighted by Gasteiger charge is 2.30. The van der Waals surface area contributed by atoms with Crippen LogP contribution in [-0.4, -0.2) is 57.1 Å². The molecule has 0 bridgehead atoms. The van der Waals surface area contributed by atoms with Gasteiger partial charge in [0, 0.05) is 12.6 Å². The molecule has 180 valence electrons. The normalized spacial score (nSPS) is 13.0. The predicted molar refractivity (Wildman–Crippen MR) is 130 cm³/mol. The maximum absolute atomic E-state index is 13.4. The Balaban J connectivity index is 2.37. The Bertz CT molecular complexity index is 1040. The molecule has 0 heterocycles. The van der Waals surface area contributed by atoms with E-state index in [0.717, 1.165) is 22.5 Å². The average molecular weight is 476 g/mol. The molecular formula is C24H33N3O5S. The standard InChI is InChI=1S/C24H33N3O5S/c1-6-18(2)25-24(29)19(3)26(16-20-11-10-14-22(15-20)32-4)23(28)17-27(33(5,30)31)21-12-8-7-9-13-21/h7-15,18-19H,6,16-17H2,1-5H3,(H,25,29)/t18-,19-/m0/s1. The van der Waals surface area contributed by atoms with E-state index in [4.69, 9.17) is 4.74 Å². The number of hydrogen-bond donors (Lipinski definition) is 1. The van der Waals surface area contributed by atoms with Crippen molar-refractivity contribution in [3.63, 3.8) is 0 Å². The van der Waals surface area contributed by atoms with Crippen LogP contribution in [0.1, 0.15) is 32.8 Å². The van der Waals surface area contributed by atoms with Crippen molar-refractivity contribution >= 4 is 27.5 Å². The molecule has 2 aromatic rings. The first-order valence-corrected chi connectivity index (χ1v) is 12.7. The number of hydrogen-bond acceptors (Lipinski definition) is 5. The number of carbonyl (C=O) groups excluding carboxylic acids is 2. The first kappa shape index (κ1) is 26.2. The van der Waals surface area contributed by atoms with Crippen molar-refractivity contribution in [2.75, 3.05) is 24.2 Å². The number of anilines is 1. The third-order valence-corrected chi connectivity index (χ3v) is 6.52. The zero-order valence-electron chi connectivity index (χ0n) is 19.8. The minimum atomic E-state index is -3.73. The summed E-state index contributed by atoms with van der Waals surface area (Å²) in [6.07, 6.45) is 1.80. The molecule has 0 aromatic heterocycles. The maximum Gasteiger partial charge on any atom is 0.244 e. The van der Waals surface area contributed by atoms with Gasteiger partial charge in [0.2, 0.25) is 21.8 Å². The molecule has 1 N–H and O–H groups in total. The SMILES string of the molecule is CC[C@H](C)NC(=O)[C@H](C)N(Cc1cccc(OC)c1)C(=O)CN(c1ccccc1)S(C)(=O)=O. The third-order valence-electron chi connectivity index (χ3n) is 5.38. The quantitative estimate of drug-likeness (QED) is 0.539. The lowest BCUT2D eigenvalue weighted by Crippen LogP contribution is -2.52. The molecule has 0 radical (unpaired) electrons. The van der Waals surface area contributed by atoms with Crippen LogP contribution in [0, 0.1) is 0 Å². The molecule has 0 aliphatic carbocycles. The highest BCUT2D eigenvalue weighted by molar-refractivity contribution is 7.92. The van der Waals surface area contributed by atoms with Gasteiger partial charge in [-0.1, -0.05) is 37.3 Å². The largest absolute Gasteiger partial charge is 0.497 e. The van der Waals surface area contributed by atoms with E-state index in [-0.39, 0.29) is 18.5 Å². The summed E-state index contributed by atoms with van der Waals surface area (Å²) in [5, 5.41) is 2.90. The zero-order chi connectivity index (χ0) is 24.6. The summed E-state index contributed by atoms with van der Waals surface area (Å²) in [5.41, 5.74) is 1.14. The Kier molecular flexibility index (Phi) is 9.28. The van der Waals surface area contributed by atoms with Crippen molar-refractivity contribution in [2.24, 2.45) is 0 Å². The van der Waals surface area contributed by atoms with E-state index in [2.05, 4.69) is 5.32 Å². The second kappa shape index (κ2) is 11.7. The van der Waals surface area contributed by atoms with Gasteiger partial charge in [0.05, 0.1) is 19.1 Å². The van der Waals surface area contributed by atoms with Gasteiger partial charge in [0.25, 0.3) is 0 Å². The minimum absolute atomic E-state index is 0.0504. The van der Waals surface area contributed by atoms with E-state index in [1.165, 1.54) is 4.90 Å². The number of methoxy groups -OCH3 is 1. The zero-order valence-corrected chi connectivity index (χ0v) is 20.6. The molecule has 0 unspecified atom stereocenters. The molecule has 9 heteroatoms. The molecule has 2 atom stereocenters. The number of ether oxygens (including phenoxy) is 1. The lowest BCUT2D eigenvalue weighted by atomic mass is 10.1. The van der Waals surface area contributed by atoms with Crippen LogP contribution in [-0.2, 0) is 26.2 Å². The van der Waals surface area contributed by atoms with Crippen LogP contribution in [0.5, 0.6) is 5.75 Å². The fourth-order valence-electron chi connectivity index (χ4n) is 3.22. The summed E-state index contributed by atoms with van der Waals surface area (Å²) in [6, 6.07) is 14.8. The summed E-state index contributed by atoms with van der Waals surface area (Å²) in [6.45, 7) is 5.19. The van der Waals surface area contributed by atoms with Crippen molar-refractivity contribution in [3.05, 3.63) is 60.2 Å². The Morgan fingerprint density at radius 1 is 1.06 bits per heavy atom. The van der Waals surface area contributed by atoms with Gasteiger partial charge in [-0.2, -0.15) is 0 Å². The van der Waals surface area contributed by atoms with Gasteiger partial charge in [-0.05, 0) is 50.1 Å². The molecule has 0 aliphatic rings. The van der Waals surface area contributed by atoms with E-state index in [9.17, 15) is 18.0 Å². The molecule has 33 heavy (non-hydrogen) atoms. The van der Waals surface area contributed by atoms with Crippen LogP contribution in [0.4, 0.5) is 5.69 Å². The monoisotopic (exact) mass is 475 g/mol. The molecule has 2 aromatic carbocycles. The van der Waals surface area contributed by atoms with Gasteiger partial charge >= 0.3 is 0 Å². The fraction of sp³-hybridized carbons (Fsp3) is 0.417. The Morgan fingerprint density at radius 2 is 1.73 bits per heavy atom. The lowest BCUT2D eigenvalue weighted by molar-refractivity contribution is -0.139. The predicted octanol–water partition coefficient (Wildman–Crippen LogP) is 2.79. The molecule has 2 amide bonds. The number of amides is 2. The van der Waals surface area contributed by atoms with Gasteiger partial charge in [-0.25, -0.2) is 8.42 Å². The Labute approximate surface area is 196 Å². The van der Waals surface area contributed by atoms with Gasteiger partial charge in [-0.3, -0.25) is 13.9 Å². The van der Waals surface area contributed by atoms with Crippen molar-refractivity contribution < 1.29 is 22.7 Å². The maximum atomic E-state index is 13.4. The summed E-state index contributed by atoms with van der Waals surface area (Å²) < 4.78 is 31.3. The summed E-state index contributed by atoms with van der Waals surface area (Å²) >= 11 is 0. The summed E-state index contributed by atoms with van der Waals surface area (Å²) in [4.78, 5) is 27.7. The number of nitrogens with zero attached hydrogens (tertiary/aromatic N) is 2. The first-order chi connectivity index (χ1) is 15.6. The van der Waals surface area contributed by atoms with Crippen molar-refractivity contribution in [3.8, 4) is 5.75 Å². The van der Waals surface area contributed by atoms with Crippen molar-refractivity contribution in [1.82, 2.24) is 10.2 Å². The molecular weight excluding hydrogens is 442 g/mol. The van der Waals surface area contributed by atoms with Crippen LogP contribution in [0.25, 0.3) is 0 Å². The molecule has 0 saturated heterocycles. The van der Waals surface area contributed by atoms with Crippen LogP contribution in [0.15, 0.2) is 54.6 Å². The topological polar surface area (TPSA) is 96.0 Å². The van der Waals surface area contributed by atoms with E-state index in [0.29, 0.717) is 11.4 Å². The van der Waals surface area contributed by atoms with Crippen LogP contribution < -0.4 is 14.4 Å². The molecule has 8 nitrogen and oxygen atoms in total. The Morgan fingerprint density at radius 3 is 2.30 bits per heavy atom. The van der Waals surface area contributed by atoms with E-state index >= 15 is 0 Å². The lowest BCUT2D eigenvalue weighted by Gasteiger charge is -2.32. The van der Waals surface area contributed by atoms with Crippen LogP contribution in [0.2, 0.25) is 0 Å². The number of benzene rings is 2. The number of nitrogens with one attached hydrogen (secondary N) is 1. The number of carbonyl (C=O) groups is 2. The van der Waals surface area contributed by atoms with Gasteiger partial charge < -0.3 is 15.0 Å². The Hall–Kier alpha value is -3.07.